The summed E-state index contributed by atoms with van der Waals surface area (Å²) < 4.78 is 0. The van der Waals surface area contributed by atoms with Crippen LogP contribution in [0.1, 0.15) is 70.4 Å². The Kier molecular flexibility index (Phi) is 6.13. The van der Waals surface area contributed by atoms with Crippen LogP contribution in [0.25, 0.3) is 0 Å². The van der Waals surface area contributed by atoms with Crippen molar-refractivity contribution in [1.82, 2.24) is 20.8 Å². The highest BCUT2D eigenvalue weighted by atomic mass is 16.2. The molecular formula is C19H29N5O3. The minimum Gasteiger partial charge on any atom is -0.354 e. The number of hydrogen-bond donors (Lipinski definition) is 4. The molecule has 0 aromatic carbocycles. The summed E-state index contributed by atoms with van der Waals surface area (Å²) in [5, 5.41) is 15.6. The van der Waals surface area contributed by atoms with Crippen LogP contribution in [-0.4, -0.2) is 40.0 Å². The SMILES string of the molecule is CC(=O)NC1CC(c2cc(NC(=O)[C@H](C)NC(=O)C3CCCCC3)n[nH]2)C1. The second-order valence-electron chi connectivity index (χ2n) is 7.83. The second kappa shape index (κ2) is 8.54. The third-order valence-electron chi connectivity index (χ3n) is 5.56. The maximum Gasteiger partial charge on any atom is 0.247 e. The van der Waals surface area contributed by atoms with Gasteiger partial charge in [0.2, 0.25) is 17.7 Å². The Bertz CT molecular complexity index is 689. The van der Waals surface area contributed by atoms with Crippen molar-refractivity contribution >= 4 is 23.5 Å². The molecule has 1 aromatic rings. The van der Waals surface area contributed by atoms with Gasteiger partial charge in [-0.3, -0.25) is 19.5 Å². The summed E-state index contributed by atoms with van der Waals surface area (Å²) >= 11 is 0. The molecule has 1 aromatic heterocycles. The molecule has 4 N–H and O–H groups in total. The Morgan fingerprint density at radius 3 is 2.56 bits per heavy atom. The Labute approximate surface area is 159 Å². The van der Waals surface area contributed by atoms with E-state index >= 15 is 0 Å². The van der Waals surface area contributed by atoms with Crippen molar-refractivity contribution in [1.29, 1.82) is 0 Å². The maximum absolute atomic E-state index is 12.3. The molecule has 0 aliphatic heterocycles. The van der Waals surface area contributed by atoms with E-state index in [4.69, 9.17) is 0 Å². The van der Waals surface area contributed by atoms with E-state index in [1.54, 1.807) is 6.92 Å². The van der Waals surface area contributed by atoms with Gasteiger partial charge < -0.3 is 16.0 Å². The van der Waals surface area contributed by atoms with E-state index in [2.05, 4.69) is 26.1 Å². The molecule has 0 radical (unpaired) electrons. The van der Waals surface area contributed by atoms with Gasteiger partial charge in [0.05, 0.1) is 0 Å². The number of carbonyl (C=O) groups is 3. The number of aromatic nitrogens is 2. The largest absolute Gasteiger partial charge is 0.354 e. The van der Waals surface area contributed by atoms with Gasteiger partial charge in [-0.1, -0.05) is 19.3 Å². The normalized spacial score (nSPS) is 23.8. The quantitative estimate of drug-likeness (QED) is 0.607. The van der Waals surface area contributed by atoms with E-state index in [0.29, 0.717) is 11.7 Å². The number of nitrogens with one attached hydrogen (secondary N) is 4. The van der Waals surface area contributed by atoms with E-state index < -0.39 is 6.04 Å². The van der Waals surface area contributed by atoms with Crippen molar-refractivity contribution in [3.63, 3.8) is 0 Å². The molecule has 2 aliphatic carbocycles. The van der Waals surface area contributed by atoms with Crippen LogP contribution in [0.3, 0.4) is 0 Å². The summed E-state index contributed by atoms with van der Waals surface area (Å²) in [6.07, 6.45) is 6.89. The van der Waals surface area contributed by atoms with Gasteiger partial charge in [-0.05, 0) is 32.6 Å². The summed E-state index contributed by atoms with van der Waals surface area (Å²) in [7, 11) is 0. The number of H-pyrrole nitrogens is 1. The zero-order valence-corrected chi connectivity index (χ0v) is 16.0. The first kappa shape index (κ1) is 19.4. The fraction of sp³-hybridized carbons (Fsp3) is 0.684. The first-order valence-corrected chi connectivity index (χ1v) is 9.86. The Hall–Kier alpha value is -2.38. The third-order valence-corrected chi connectivity index (χ3v) is 5.56. The van der Waals surface area contributed by atoms with E-state index in [1.165, 1.54) is 13.3 Å². The average Bonchev–Trinajstić information content (AvgIpc) is 3.06. The molecule has 0 saturated heterocycles. The highest BCUT2D eigenvalue weighted by Crippen LogP contribution is 2.36. The lowest BCUT2D eigenvalue weighted by molar-refractivity contribution is -0.129. The zero-order chi connectivity index (χ0) is 19.4. The van der Waals surface area contributed by atoms with Gasteiger partial charge in [-0.2, -0.15) is 5.10 Å². The van der Waals surface area contributed by atoms with Gasteiger partial charge in [-0.25, -0.2) is 0 Å². The summed E-state index contributed by atoms with van der Waals surface area (Å²) in [5.41, 5.74) is 0.950. The molecule has 3 amide bonds. The Morgan fingerprint density at radius 2 is 1.89 bits per heavy atom. The predicted octanol–water partition coefficient (Wildman–Crippen LogP) is 1.82. The van der Waals surface area contributed by atoms with Crippen molar-refractivity contribution in [3.05, 3.63) is 11.8 Å². The minimum absolute atomic E-state index is 0.0136. The molecule has 2 fully saturated rings. The molecule has 0 unspecified atom stereocenters. The number of carbonyl (C=O) groups excluding carboxylic acids is 3. The van der Waals surface area contributed by atoms with E-state index in [1.807, 2.05) is 6.07 Å². The van der Waals surface area contributed by atoms with Crippen LogP contribution in [0.5, 0.6) is 0 Å². The molecule has 8 nitrogen and oxygen atoms in total. The maximum atomic E-state index is 12.3. The lowest BCUT2D eigenvalue weighted by atomic mass is 9.78. The molecular weight excluding hydrogens is 346 g/mol. The molecule has 27 heavy (non-hydrogen) atoms. The molecule has 1 heterocycles. The van der Waals surface area contributed by atoms with Crippen LogP contribution in [0.2, 0.25) is 0 Å². The first-order chi connectivity index (χ1) is 12.9. The molecule has 148 valence electrons. The molecule has 2 saturated carbocycles. The average molecular weight is 375 g/mol. The van der Waals surface area contributed by atoms with Crippen molar-refractivity contribution in [2.75, 3.05) is 5.32 Å². The van der Waals surface area contributed by atoms with E-state index in [9.17, 15) is 14.4 Å². The van der Waals surface area contributed by atoms with Gasteiger partial charge in [-0.15, -0.1) is 0 Å². The number of anilines is 1. The number of hydrogen-bond acceptors (Lipinski definition) is 4. The zero-order valence-electron chi connectivity index (χ0n) is 16.0. The van der Waals surface area contributed by atoms with Gasteiger partial charge in [0, 0.05) is 36.6 Å². The standard InChI is InChI=1S/C19H29N5O3/c1-11(20-19(27)13-6-4-3-5-7-13)18(26)22-17-10-16(23-24-17)14-8-15(9-14)21-12(2)25/h10-11,13-15H,3-9H2,1-2H3,(H,20,27)(H,21,25)(H2,22,23,24,26)/t11-,14?,15?/m0/s1. The molecule has 3 rings (SSSR count). The van der Waals surface area contributed by atoms with Gasteiger partial charge in [0.25, 0.3) is 0 Å². The topological polar surface area (TPSA) is 116 Å². The molecule has 8 heteroatoms. The Balaban J connectivity index is 1.45. The highest BCUT2D eigenvalue weighted by Gasteiger charge is 2.32. The molecule has 1 atom stereocenters. The fourth-order valence-corrected chi connectivity index (χ4v) is 3.88. The number of nitrogens with zero attached hydrogens (tertiary/aromatic N) is 1. The second-order valence-corrected chi connectivity index (χ2v) is 7.83. The van der Waals surface area contributed by atoms with E-state index in [0.717, 1.165) is 44.2 Å². The van der Waals surface area contributed by atoms with Crippen LogP contribution in [-0.2, 0) is 14.4 Å². The van der Waals surface area contributed by atoms with Crippen molar-refractivity contribution in [2.24, 2.45) is 5.92 Å². The van der Waals surface area contributed by atoms with Crippen molar-refractivity contribution in [2.45, 2.75) is 76.8 Å². The van der Waals surface area contributed by atoms with Crippen LogP contribution in [0.15, 0.2) is 6.07 Å². The van der Waals surface area contributed by atoms with Gasteiger partial charge in [0.15, 0.2) is 5.82 Å². The minimum atomic E-state index is -0.604. The summed E-state index contributed by atoms with van der Waals surface area (Å²) in [4.78, 5) is 35.7. The predicted molar refractivity (Wildman–Crippen MR) is 101 cm³/mol. The monoisotopic (exact) mass is 375 g/mol. The highest BCUT2D eigenvalue weighted by molar-refractivity contribution is 5.96. The lowest BCUT2D eigenvalue weighted by Crippen LogP contribution is -2.44. The smallest absolute Gasteiger partial charge is 0.247 e. The summed E-state index contributed by atoms with van der Waals surface area (Å²) in [6.45, 7) is 3.21. The van der Waals surface area contributed by atoms with Crippen molar-refractivity contribution in [3.8, 4) is 0 Å². The third kappa shape index (κ3) is 5.08. The number of rotatable bonds is 6. The van der Waals surface area contributed by atoms with E-state index in [-0.39, 0.29) is 29.7 Å². The first-order valence-electron chi connectivity index (χ1n) is 9.86. The van der Waals surface area contributed by atoms with Crippen LogP contribution < -0.4 is 16.0 Å². The Morgan fingerprint density at radius 1 is 1.19 bits per heavy atom. The molecule has 0 spiro atoms. The van der Waals surface area contributed by atoms with Crippen LogP contribution >= 0.6 is 0 Å². The molecule has 0 bridgehead atoms. The van der Waals surface area contributed by atoms with Gasteiger partial charge in [0.1, 0.15) is 6.04 Å². The fourth-order valence-electron chi connectivity index (χ4n) is 3.88. The summed E-state index contributed by atoms with van der Waals surface area (Å²) in [5.74, 6) is 0.474. The number of aromatic amines is 1. The van der Waals surface area contributed by atoms with Gasteiger partial charge >= 0.3 is 0 Å². The van der Waals surface area contributed by atoms with Crippen LogP contribution in [0.4, 0.5) is 5.82 Å². The van der Waals surface area contributed by atoms with Crippen LogP contribution in [0, 0.1) is 5.92 Å². The molecule has 2 aliphatic rings. The summed E-state index contributed by atoms with van der Waals surface area (Å²) in [6, 6.07) is 1.43. The number of amides is 3. The lowest BCUT2D eigenvalue weighted by Gasteiger charge is -2.34. The van der Waals surface area contributed by atoms with Crippen molar-refractivity contribution < 1.29 is 14.4 Å².